The lowest BCUT2D eigenvalue weighted by atomic mass is 10.1. The second kappa shape index (κ2) is 10.00. The van der Waals surface area contributed by atoms with Gasteiger partial charge in [-0.2, -0.15) is 0 Å². The maximum atomic E-state index is 12.7. The first kappa shape index (κ1) is 22.9. The Kier molecular flexibility index (Phi) is 7.14. The van der Waals surface area contributed by atoms with Crippen molar-refractivity contribution in [3.8, 4) is 11.5 Å². The third kappa shape index (κ3) is 5.87. The van der Waals surface area contributed by atoms with Crippen LogP contribution in [0.2, 0.25) is 0 Å². The lowest BCUT2D eigenvalue weighted by Crippen LogP contribution is -2.39. The van der Waals surface area contributed by atoms with Crippen LogP contribution < -0.4 is 9.47 Å². The molecule has 0 saturated heterocycles. The number of nitrogens with zero attached hydrogens (tertiary/aromatic N) is 2. The number of carboxylic acids is 1. The predicted molar refractivity (Wildman–Crippen MR) is 117 cm³/mol. The third-order valence-corrected chi connectivity index (χ3v) is 4.97. The minimum atomic E-state index is -1.13. The molecule has 1 atom stereocenters. The van der Waals surface area contributed by atoms with Gasteiger partial charge in [-0.1, -0.05) is 29.8 Å². The molecule has 3 aromatic rings. The largest absolute Gasteiger partial charge is 0.487 e. The zero-order chi connectivity index (χ0) is 23.3. The predicted octanol–water partition coefficient (Wildman–Crippen LogP) is 4.83. The lowest BCUT2D eigenvalue weighted by Gasteiger charge is -2.27. The van der Waals surface area contributed by atoms with Crippen LogP contribution in [0.4, 0.5) is 4.79 Å². The smallest absolute Gasteiger partial charge is 0.416 e. The number of hydrogen-bond acceptors (Lipinski definition) is 6. The van der Waals surface area contributed by atoms with Gasteiger partial charge in [0.2, 0.25) is 0 Å². The first-order chi connectivity index (χ1) is 15.2. The van der Waals surface area contributed by atoms with Crippen molar-refractivity contribution in [2.75, 3.05) is 6.54 Å². The fourth-order valence-corrected chi connectivity index (χ4v) is 3.15. The molecule has 0 spiro atoms. The van der Waals surface area contributed by atoms with E-state index in [-0.39, 0.29) is 6.61 Å². The third-order valence-electron chi connectivity index (χ3n) is 4.97. The molecule has 8 nitrogen and oxygen atoms in total. The number of rotatable bonds is 8. The molecular formula is C24H26N2O6. The number of carbonyl (C=O) groups is 2. The van der Waals surface area contributed by atoms with Crippen molar-refractivity contribution in [1.29, 1.82) is 0 Å². The number of benzene rings is 2. The second-order valence-corrected chi connectivity index (χ2v) is 7.47. The Balaban J connectivity index is 1.69. The first-order valence-corrected chi connectivity index (χ1v) is 10.2. The van der Waals surface area contributed by atoms with Crippen molar-refractivity contribution in [3.05, 3.63) is 77.0 Å². The second-order valence-electron chi connectivity index (χ2n) is 7.47. The summed E-state index contributed by atoms with van der Waals surface area (Å²) in [6.45, 7) is 7.05. The molecule has 2 aromatic carbocycles. The molecule has 32 heavy (non-hydrogen) atoms. The van der Waals surface area contributed by atoms with Gasteiger partial charge in [-0.3, -0.25) is 9.69 Å². The van der Waals surface area contributed by atoms with Gasteiger partial charge in [0.1, 0.15) is 36.1 Å². The molecule has 168 valence electrons. The Morgan fingerprint density at radius 1 is 1.03 bits per heavy atom. The standard InChI is InChI=1S/C24H26N2O6/c1-15-5-9-21(10-6-15)32-24(29)26(13-23(27)28)16(2)19-7-11-20(12-8-19)30-14-22-17(3)31-18(4)25-22/h5-12,16H,13-14H2,1-4H3,(H,27,28). The molecule has 1 aromatic heterocycles. The SMILES string of the molecule is Cc1ccc(OC(=O)N(CC(=O)O)C(C)c2ccc(OCc3nc(C)oc3C)cc2)cc1. The molecule has 0 saturated carbocycles. The minimum Gasteiger partial charge on any atom is -0.487 e. The molecule has 0 bridgehead atoms. The monoisotopic (exact) mass is 438 g/mol. The number of oxazole rings is 1. The van der Waals surface area contributed by atoms with Crippen molar-refractivity contribution in [2.24, 2.45) is 0 Å². The topological polar surface area (TPSA) is 102 Å². The quantitative estimate of drug-likeness (QED) is 0.538. The Morgan fingerprint density at radius 2 is 1.66 bits per heavy atom. The Bertz CT molecular complexity index is 1070. The van der Waals surface area contributed by atoms with Crippen LogP contribution in [0.15, 0.2) is 52.9 Å². The highest BCUT2D eigenvalue weighted by Crippen LogP contribution is 2.25. The minimum absolute atomic E-state index is 0.270. The highest BCUT2D eigenvalue weighted by molar-refractivity contribution is 5.78. The summed E-state index contributed by atoms with van der Waals surface area (Å²) in [5, 5.41) is 9.29. The number of aromatic nitrogens is 1. The summed E-state index contributed by atoms with van der Waals surface area (Å²) in [5.41, 5.74) is 2.50. The van der Waals surface area contributed by atoms with Crippen LogP contribution in [-0.4, -0.2) is 33.6 Å². The number of ether oxygens (including phenoxy) is 2. The van der Waals surface area contributed by atoms with Crippen molar-refractivity contribution in [2.45, 2.75) is 40.3 Å². The van der Waals surface area contributed by atoms with Gasteiger partial charge < -0.3 is 19.0 Å². The van der Waals surface area contributed by atoms with E-state index >= 15 is 0 Å². The number of carbonyl (C=O) groups excluding carboxylic acids is 1. The van der Waals surface area contributed by atoms with Crippen molar-refractivity contribution < 1.29 is 28.6 Å². The molecule has 1 N–H and O–H groups in total. The highest BCUT2D eigenvalue weighted by Gasteiger charge is 2.26. The van der Waals surface area contributed by atoms with Gasteiger partial charge in [-0.15, -0.1) is 0 Å². The number of hydrogen-bond donors (Lipinski definition) is 1. The number of carboxylic acid groups (broad SMARTS) is 1. The van der Waals surface area contributed by atoms with E-state index in [0.29, 0.717) is 23.1 Å². The van der Waals surface area contributed by atoms with Crippen LogP contribution in [-0.2, 0) is 11.4 Å². The van der Waals surface area contributed by atoms with E-state index in [1.54, 1.807) is 50.2 Å². The van der Waals surface area contributed by atoms with Crippen LogP contribution in [0.3, 0.4) is 0 Å². The van der Waals surface area contributed by atoms with E-state index in [2.05, 4.69) is 4.98 Å². The lowest BCUT2D eigenvalue weighted by molar-refractivity contribution is -0.138. The van der Waals surface area contributed by atoms with E-state index in [9.17, 15) is 14.7 Å². The molecule has 0 aliphatic rings. The van der Waals surface area contributed by atoms with Gasteiger partial charge in [-0.05, 0) is 50.6 Å². The van der Waals surface area contributed by atoms with Gasteiger partial charge in [0.15, 0.2) is 5.89 Å². The van der Waals surface area contributed by atoms with E-state index < -0.39 is 24.6 Å². The molecule has 3 rings (SSSR count). The summed E-state index contributed by atoms with van der Waals surface area (Å²) in [7, 11) is 0. The van der Waals surface area contributed by atoms with Gasteiger partial charge >= 0.3 is 12.1 Å². The van der Waals surface area contributed by atoms with Crippen molar-refractivity contribution >= 4 is 12.1 Å². The molecule has 0 fully saturated rings. The maximum absolute atomic E-state index is 12.7. The average molecular weight is 438 g/mol. The summed E-state index contributed by atoms with van der Waals surface area (Å²) in [6.07, 6.45) is -0.735. The highest BCUT2D eigenvalue weighted by atomic mass is 16.6. The molecule has 1 unspecified atom stereocenters. The summed E-state index contributed by atoms with van der Waals surface area (Å²) in [4.78, 5) is 29.5. The van der Waals surface area contributed by atoms with E-state index in [0.717, 1.165) is 16.8 Å². The molecule has 8 heteroatoms. The fraction of sp³-hybridized carbons (Fsp3) is 0.292. The molecule has 1 heterocycles. The maximum Gasteiger partial charge on any atom is 0.416 e. The number of aryl methyl sites for hydroxylation is 3. The van der Waals surface area contributed by atoms with Crippen LogP contribution >= 0.6 is 0 Å². The van der Waals surface area contributed by atoms with Crippen molar-refractivity contribution in [3.63, 3.8) is 0 Å². The van der Waals surface area contributed by atoms with E-state index in [1.807, 2.05) is 26.0 Å². The molecule has 1 amide bonds. The average Bonchev–Trinajstić information content (AvgIpc) is 3.08. The normalized spacial score (nSPS) is 11.6. The fourth-order valence-electron chi connectivity index (χ4n) is 3.15. The van der Waals surface area contributed by atoms with E-state index in [1.165, 1.54) is 4.90 Å². The number of aliphatic carboxylic acids is 1. The van der Waals surface area contributed by atoms with E-state index in [4.69, 9.17) is 13.9 Å². The molecule has 0 aliphatic carbocycles. The van der Waals surface area contributed by atoms with Crippen LogP contribution in [0.1, 0.15) is 41.4 Å². The summed E-state index contributed by atoms with van der Waals surface area (Å²) in [6, 6.07) is 13.5. The molecule has 0 radical (unpaired) electrons. The van der Waals surface area contributed by atoms with Gasteiger partial charge in [0.05, 0.1) is 6.04 Å². The summed E-state index contributed by atoms with van der Waals surface area (Å²) < 4.78 is 16.5. The van der Waals surface area contributed by atoms with Crippen molar-refractivity contribution in [1.82, 2.24) is 9.88 Å². The van der Waals surface area contributed by atoms with Crippen LogP contribution in [0, 0.1) is 20.8 Å². The van der Waals surface area contributed by atoms with Crippen LogP contribution in [0.25, 0.3) is 0 Å². The Hall–Kier alpha value is -3.81. The molecular weight excluding hydrogens is 412 g/mol. The van der Waals surface area contributed by atoms with Crippen LogP contribution in [0.5, 0.6) is 11.5 Å². The first-order valence-electron chi connectivity index (χ1n) is 10.2. The molecule has 0 aliphatic heterocycles. The van der Waals surface area contributed by atoms with Gasteiger partial charge in [0.25, 0.3) is 0 Å². The zero-order valence-electron chi connectivity index (χ0n) is 18.5. The van der Waals surface area contributed by atoms with Gasteiger partial charge in [0, 0.05) is 6.92 Å². The summed E-state index contributed by atoms with van der Waals surface area (Å²) in [5.74, 6) is 1.14. The van der Waals surface area contributed by atoms with Gasteiger partial charge in [-0.25, -0.2) is 9.78 Å². The summed E-state index contributed by atoms with van der Waals surface area (Å²) >= 11 is 0. The Labute approximate surface area is 186 Å². The number of amides is 1. The Morgan fingerprint density at radius 3 is 2.22 bits per heavy atom. The zero-order valence-corrected chi connectivity index (χ0v) is 18.5.